The van der Waals surface area contributed by atoms with Crippen LogP contribution in [0.15, 0.2) is 53.8 Å². The maximum atomic E-state index is 11.9. The minimum absolute atomic E-state index is 0.0146. The number of nitrogens with two attached hydrogens (primary N) is 1. The van der Waals surface area contributed by atoms with Crippen molar-refractivity contribution in [1.82, 2.24) is 9.88 Å². The Labute approximate surface area is 136 Å². The van der Waals surface area contributed by atoms with Crippen molar-refractivity contribution in [2.45, 2.75) is 26.3 Å². The molecule has 1 atom stereocenters. The second kappa shape index (κ2) is 7.54. The highest BCUT2D eigenvalue weighted by Gasteiger charge is 2.25. The molecular weight excluding hydrogens is 288 g/mol. The van der Waals surface area contributed by atoms with Crippen molar-refractivity contribution in [3.8, 4) is 11.1 Å². The summed E-state index contributed by atoms with van der Waals surface area (Å²) in [6.45, 7) is 4.00. The van der Waals surface area contributed by atoms with Crippen molar-refractivity contribution in [3.63, 3.8) is 0 Å². The van der Waals surface area contributed by atoms with Gasteiger partial charge in [-0.3, -0.25) is 14.7 Å². The number of nitrogens with zero attached hydrogens (tertiary/aromatic N) is 3. The van der Waals surface area contributed by atoms with Crippen LogP contribution in [0.5, 0.6) is 0 Å². The number of carbonyl (C=O) groups is 1. The second-order valence-electron chi connectivity index (χ2n) is 5.03. The third-order valence-electron chi connectivity index (χ3n) is 3.64. The van der Waals surface area contributed by atoms with Crippen LogP contribution >= 0.6 is 0 Å². The first-order chi connectivity index (χ1) is 11.1. The van der Waals surface area contributed by atoms with Gasteiger partial charge in [0, 0.05) is 19.4 Å². The molecular formula is C18H22N4O. The number of aromatic nitrogens is 1. The molecule has 5 nitrogen and oxygen atoms in total. The van der Waals surface area contributed by atoms with Gasteiger partial charge in [0.25, 0.3) is 0 Å². The molecule has 0 unspecified atom stereocenters. The van der Waals surface area contributed by atoms with Gasteiger partial charge in [-0.1, -0.05) is 38.1 Å². The van der Waals surface area contributed by atoms with Crippen molar-refractivity contribution in [1.29, 1.82) is 0 Å². The SMILES string of the molecule is CC.CN1C(=O)C[C@@H](c2cccc(-c3cccnc3)c2)N=C1N. The lowest BCUT2D eigenvalue weighted by Gasteiger charge is -2.25. The van der Waals surface area contributed by atoms with Crippen LogP contribution in [-0.4, -0.2) is 28.8 Å². The smallest absolute Gasteiger partial charge is 0.231 e. The number of benzene rings is 1. The predicted molar refractivity (Wildman–Crippen MR) is 92.8 cm³/mol. The summed E-state index contributed by atoms with van der Waals surface area (Å²) in [5, 5.41) is 0. The normalized spacial score (nSPS) is 17.2. The fourth-order valence-electron chi connectivity index (χ4n) is 2.37. The molecule has 0 aliphatic carbocycles. The van der Waals surface area contributed by atoms with Gasteiger partial charge < -0.3 is 5.73 Å². The first-order valence-electron chi connectivity index (χ1n) is 7.75. The van der Waals surface area contributed by atoms with Crippen LogP contribution in [0.3, 0.4) is 0 Å². The third-order valence-corrected chi connectivity index (χ3v) is 3.64. The minimum atomic E-state index is -0.217. The van der Waals surface area contributed by atoms with Gasteiger partial charge in [0.15, 0.2) is 5.96 Å². The lowest BCUT2D eigenvalue weighted by molar-refractivity contribution is -0.127. The van der Waals surface area contributed by atoms with E-state index in [2.05, 4.69) is 9.98 Å². The summed E-state index contributed by atoms with van der Waals surface area (Å²) in [7, 11) is 1.64. The summed E-state index contributed by atoms with van der Waals surface area (Å²) in [6, 6.07) is 11.7. The molecule has 1 aromatic carbocycles. The van der Waals surface area contributed by atoms with E-state index in [0.29, 0.717) is 6.42 Å². The fourth-order valence-corrected chi connectivity index (χ4v) is 2.37. The molecule has 23 heavy (non-hydrogen) atoms. The molecule has 0 saturated heterocycles. The van der Waals surface area contributed by atoms with Gasteiger partial charge in [-0.05, 0) is 28.8 Å². The fraction of sp³-hybridized carbons (Fsp3) is 0.278. The summed E-state index contributed by atoms with van der Waals surface area (Å²) in [5.41, 5.74) is 8.87. The van der Waals surface area contributed by atoms with E-state index in [9.17, 15) is 4.79 Å². The molecule has 120 valence electrons. The average molecular weight is 310 g/mol. The van der Waals surface area contributed by atoms with Crippen LogP contribution in [0.1, 0.15) is 31.9 Å². The minimum Gasteiger partial charge on any atom is -0.369 e. The number of aliphatic imine (C=N–C) groups is 1. The standard InChI is InChI=1S/C16H16N4O.C2H6/c1-20-15(21)9-14(19-16(20)17)12-5-2-4-11(8-12)13-6-3-7-18-10-13;1-2/h2-8,10,14H,9H2,1H3,(H2,17,19);1-2H3/t14-;/m0./s1. The Morgan fingerprint density at radius 1 is 1.17 bits per heavy atom. The van der Waals surface area contributed by atoms with Gasteiger partial charge in [-0.2, -0.15) is 0 Å². The zero-order chi connectivity index (χ0) is 16.8. The zero-order valence-corrected chi connectivity index (χ0v) is 13.7. The van der Waals surface area contributed by atoms with Gasteiger partial charge in [0.1, 0.15) is 0 Å². The van der Waals surface area contributed by atoms with Crippen molar-refractivity contribution in [2.24, 2.45) is 10.7 Å². The number of hydrogen-bond acceptors (Lipinski definition) is 4. The van der Waals surface area contributed by atoms with E-state index >= 15 is 0 Å². The molecule has 0 fully saturated rings. The number of carbonyl (C=O) groups excluding carboxylic acids is 1. The molecule has 1 amide bonds. The number of pyridine rings is 1. The number of rotatable bonds is 2. The maximum Gasteiger partial charge on any atom is 0.231 e. The van der Waals surface area contributed by atoms with Crippen molar-refractivity contribution < 1.29 is 4.79 Å². The first-order valence-corrected chi connectivity index (χ1v) is 7.75. The van der Waals surface area contributed by atoms with Crippen LogP contribution in [0, 0.1) is 0 Å². The molecule has 1 aliphatic heterocycles. The summed E-state index contributed by atoms with van der Waals surface area (Å²) >= 11 is 0. The van der Waals surface area contributed by atoms with E-state index in [-0.39, 0.29) is 17.9 Å². The van der Waals surface area contributed by atoms with Crippen LogP contribution in [0.25, 0.3) is 11.1 Å². The molecule has 5 heteroatoms. The van der Waals surface area contributed by atoms with Crippen molar-refractivity contribution in [2.75, 3.05) is 7.05 Å². The van der Waals surface area contributed by atoms with Crippen LogP contribution in [0.4, 0.5) is 0 Å². The van der Waals surface area contributed by atoms with Crippen LogP contribution in [-0.2, 0) is 4.79 Å². The quantitative estimate of drug-likeness (QED) is 0.927. The van der Waals surface area contributed by atoms with Gasteiger partial charge in [-0.15, -0.1) is 0 Å². The van der Waals surface area contributed by atoms with E-state index in [4.69, 9.17) is 5.73 Å². The summed E-state index contributed by atoms with van der Waals surface area (Å²) in [6.07, 6.45) is 3.90. The topological polar surface area (TPSA) is 71.6 Å². The number of hydrogen-bond donors (Lipinski definition) is 1. The Hall–Kier alpha value is -2.69. The van der Waals surface area contributed by atoms with Crippen molar-refractivity contribution >= 4 is 11.9 Å². The van der Waals surface area contributed by atoms with E-state index in [0.717, 1.165) is 16.7 Å². The molecule has 1 aliphatic rings. The first kappa shape index (κ1) is 16.7. The highest BCUT2D eigenvalue weighted by molar-refractivity contribution is 5.98. The molecule has 3 rings (SSSR count). The lowest BCUT2D eigenvalue weighted by Crippen LogP contribution is -2.42. The van der Waals surface area contributed by atoms with Crippen molar-refractivity contribution in [3.05, 3.63) is 54.4 Å². The Morgan fingerprint density at radius 3 is 2.57 bits per heavy atom. The molecule has 0 saturated carbocycles. The van der Waals surface area contributed by atoms with E-state index < -0.39 is 0 Å². The molecule has 1 aromatic heterocycles. The Kier molecular flexibility index (Phi) is 5.46. The molecule has 0 radical (unpaired) electrons. The van der Waals surface area contributed by atoms with E-state index in [1.807, 2.05) is 56.4 Å². The monoisotopic (exact) mass is 310 g/mol. The zero-order valence-electron chi connectivity index (χ0n) is 13.7. The highest BCUT2D eigenvalue weighted by atomic mass is 16.2. The Bertz CT molecular complexity index is 697. The second-order valence-corrected chi connectivity index (χ2v) is 5.03. The molecule has 2 aromatic rings. The lowest BCUT2D eigenvalue weighted by atomic mass is 9.98. The van der Waals surface area contributed by atoms with Gasteiger partial charge in [0.05, 0.1) is 12.5 Å². The van der Waals surface area contributed by atoms with E-state index in [1.165, 1.54) is 4.90 Å². The predicted octanol–water partition coefficient (Wildman–Crippen LogP) is 2.99. The van der Waals surface area contributed by atoms with Gasteiger partial charge >= 0.3 is 0 Å². The molecule has 0 bridgehead atoms. The van der Waals surface area contributed by atoms with Crippen LogP contribution < -0.4 is 5.73 Å². The van der Waals surface area contributed by atoms with E-state index in [1.54, 1.807) is 13.2 Å². The highest BCUT2D eigenvalue weighted by Crippen LogP contribution is 2.28. The third kappa shape index (κ3) is 3.74. The number of guanidine groups is 1. The summed E-state index contributed by atoms with van der Waals surface area (Å²) < 4.78 is 0. The molecule has 2 heterocycles. The Balaban J connectivity index is 0.000000924. The number of amides is 1. The summed E-state index contributed by atoms with van der Waals surface area (Å²) in [4.78, 5) is 21.8. The Morgan fingerprint density at radius 2 is 1.91 bits per heavy atom. The largest absolute Gasteiger partial charge is 0.369 e. The average Bonchev–Trinajstić information content (AvgIpc) is 2.62. The van der Waals surface area contributed by atoms with Gasteiger partial charge in [0.2, 0.25) is 5.91 Å². The molecule has 0 spiro atoms. The van der Waals surface area contributed by atoms with Gasteiger partial charge in [-0.25, -0.2) is 4.99 Å². The maximum absolute atomic E-state index is 11.9. The molecule has 2 N–H and O–H groups in total. The summed E-state index contributed by atoms with van der Waals surface area (Å²) in [5.74, 6) is 0.252. The van der Waals surface area contributed by atoms with Crippen LogP contribution in [0.2, 0.25) is 0 Å².